The Bertz CT molecular complexity index is 808. The number of aliphatic imine (C=N–C) groups is 1. The average Bonchev–Trinajstić information content (AvgIpc) is 2.56. The number of carbonyl (C=O) groups is 1. The van der Waals surface area contributed by atoms with Crippen LogP contribution in [0.2, 0.25) is 5.02 Å². The van der Waals surface area contributed by atoms with Gasteiger partial charge in [0.1, 0.15) is 15.5 Å². The highest BCUT2D eigenvalue weighted by molar-refractivity contribution is 14.1. The molecule has 5 nitrogen and oxygen atoms in total. The molecule has 0 amide bonds. The summed E-state index contributed by atoms with van der Waals surface area (Å²) in [5.41, 5.74) is 2.13. The molecule has 0 aromatic heterocycles. The van der Waals surface area contributed by atoms with Gasteiger partial charge in [-0.05, 0) is 43.3 Å². The van der Waals surface area contributed by atoms with Crippen LogP contribution in [0.5, 0.6) is 5.75 Å². The predicted octanol–water partition coefficient (Wildman–Crippen LogP) is 4.81. The van der Waals surface area contributed by atoms with Crippen molar-refractivity contribution in [3.05, 3.63) is 47.5 Å². The number of anilines is 2. The third-order valence-corrected chi connectivity index (χ3v) is 5.01. The normalized spacial score (nSPS) is 16.4. The van der Waals surface area contributed by atoms with Crippen LogP contribution < -0.4 is 9.64 Å². The number of para-hydroxylation sites is 1. The lowest BCUT2D eigenvalue weighted by Gasteiger charge is -2.34. The van der Waals surface area contributed by atoms with Crippen LogP contribution in [-0.2, 0) is 4.79 Å². The lowest BCUT2D eigenvalue weighted by atomic mass is 10.1. The van der Waals surface area contributed by atoms with Crippen LogP contribution in [0.25, 0.3) is 0 Å². The van der Waals surface area contributed by atoms with Gasteiger partial charge in [0.15, 0.2) is 5.71 Å². The van der Waals surface area contributed by atoms with Crippen molar-refractivity contribution in [2.45, 2.75) is 11.0 Å². The molecule has 0 spiro atoms. The van der Waals surface area contributed by atoms with E-state index < -0.39 is 10.0 Å². The summed E-state index contributed by atoms with van der Waals surface area (Å²) in [6.45, 7) is 2.51. The minimum atomic E-state index is -1.06. The lowest BCUT2D eigenvalue weighted by Crippen LogP contribution is -2.39. The fraction of sp³-hybridized carbons (Fsp3) is 0.176. The maximum Gasteiger partial charge on any atom is 0.353 e. The van der Waals surface area contributed by atoms with Crippen LogP contribution in [0.4, 0.5) is 17.1 Å². The molecule has 1 heterocycles. The number of ether oxygens (including phenoxy) is 1. The Labute approximate surface area is 158 Å². The van der Waals surface area contributed by atoms with Crippen molar-refractivity contribution in [1.29, 1.82) is 0 Å². The molecule has 0 radical (unpaired) electrons. The Hall–Kier alpha value is -1.80. The zero-order valence-electron chi connectivity index (χ0n) is 12.7. The molecule has 1 aliphatic heterocycles. The van der Waals surface area contributed by atoms with Crippen molar-refractivity contribution < 1.29 is 14.6 Å². The van der Waals surface area contributed by atoms with E-state index in [1.165, 1.54) is 0 Å². The smallest absolute Gasteiger partial charge is 0.353 e. The summed E-state index contributed by atoms with van der Waals surface area (Å²) in [5, 5.41) is 9.90. The molecule has 0 saturated carbocycles. The molecule has 1 N–H and O–H groups in total. The van der Waals surface area contributed by atoms with Crippen molar-refractivity contribution in [1.82, 2.24) is 0 Å². The van der Waals surface area contributed by atoms with Gasteiger partial charge in [-0.15, -0.1) is 0 Å². The molecule has 7 heteroatoms. The molecule has 0 saturated heterocycles. The Morgan fingerprint density at radius 2 is 2.04 bits per heavy atom. The summed E-state index contributed by atoms with van der Waals surface area (Å²) >= 11 is 8.30. The Morgan fingerprint density at radius 1 is 1.33 bits per heavy atom. The van der Waals surface area contributed by atoms with Crippen LogP contribution in [-0.4, -0.2) is 27.4 Å². The topological polar surface area (TPSA) is 62.1 Å². The molecule has 2 aromatic carbocycles. The van der Waals surface area contributed by atoms with E-state index in [0.717, 1.165) is 17.1 Å². The van der Waals surface area contributed by atoms with Crippen molar-refractivity contribution >= 4 is 62.9 Å². The summed E-state index contributed by atoms with van der Waals surface area (Å²) < 4.78 is 5.01. The fourth-order valence-corrected chi connectivity index (χ4v) is 3.76. The molecule has 2 aromatic rings. The highest BCUT2D eigenvalue weighted by Gasteiger charge is 2.34. The molecular weight excluding hydrogens is 443 g/mol. The van der Waals surface area contributed by atoms with Crippen LogP contribution in [0, 0.1) is 0 Å². The maximum absolute atomic E-state index is 11.6. The largest absolute Gasteiger partial charge is 0.494 e. The van der Waals surface area contributed by atoms with E-state index in [1.807, 2.05) is 48.2 Å². The van der Waals surface area contributed by atoms with Gasteiger partial charge in [0, 0.05) is 5.69 Å². The monoisotopic (exact) mass is 456 g/mol. The molecule has 0 fully saturated rings. The molecule has 0 aliphatic carbocycles. The Balaban J connectivity index is 2.11. The van der Waals surface area contributed by atoms with E-state index >= 15 is 0 Å². The first-order valence-electron chi connectivity index (χ1n) is 7.29. The Kier molecular flexibility index (Phi) is 4.96. The molecule has 1 aliphatic rings. The summed E-state index contributed by atoms with van der Waals surface area (Å²) in [6, 6.07) is 12.9. The van der Waals surface area contributed by atoms with Gasteiger partial charge >= 0.3 is 5.97 Å². The van der Waals surface area contributed by atoms with E-state index in [-0.39, 0.29) is 5.71 Å². The maximum atomic E-state index is 11.6. The third-order valence-electron chi connectivity index (χ3n) is 3.55. The number of aliphatic carboxylic acids is 1. The first kappa shape index (κ1) is 17.0. The van der Waals surface area contributed by atoms with Crippen LogP contribution in [0.1, 0.15) is 6.92 Å². The number of hydrogen-bond acceptors (Lipinski definition) is 4. The van der Waals surface area contributed by atoms with E-state index in [4.69, 9.17) is 16.3 Å². The SMILES string of the molecule is CCOc1ccc(N2c3cccc(Cl)c3N=C(C(=O)O)C2I)cc1. The number of carboxylic acid groups (broad SMARTS) is 1. The van der Waals surface area contributed by atoms with Crippen LogP contribution >= 0.6 is 34.2 Å². The third kappa shape index (κ3) is 3.08. The molecule has 1 atom stereocenters. The van der Waals surface area contributed by atoms with Gasteiger partial charge in [0.2, 0.25) is 0 Å². The zero-order valence-corrected chi connectivity index (χ0v) is 15.7. The van der Waals surface area contributed by atoms with Crippen molar-refractivity contribution in [3.8, 4) is 5.75 Å². The highest BCUT2D eigenvalue weighted by Crippen LogP contribution is 2.45. The van der Waals surface area contributed by atoms with Gasteiger partial charge < -0.3 is 14.7 Å². The highest BCUT2D eigenvalue weighted by atomic mass is 127. The minimum Gasteiger partial charge on any atom is -0.494 e. The summed E-state index contributed by atoms with van der Waals surface area (Å²) in [5.74, 6) is -0.294. The summed E-state index contributed by atoms with van der Waals surface area (Å²) in [6.07, 6.45) is 0. The van der Waals surface area contributed by atoms with Crippen LogP contribution in [0.15, 0.2) is 47.5 Å². The molecule has 0 bridgehead atoms. The first-order chi connectivity index (χ1) is 11.5. The number of fused-ring (bicyclic) bond motifs is 1. The van der Waals surface area contributed by atoms with Crippen LogP contribution in [0.3, 0.4) is 0 Å². The predicted molar refractivity (Wildman–Crippen MR) is 104 cm³/mol. The standard InChI is InChI=1S/C17H14ClIN2O3/c1-2-24-11-8-6-10(7-9-11)21-13-5-3-4-12(18)14(13)20-15(16(21)19)17(22)23/h3-9,16H,2H2,1H3,(H,22,23). The lowest BCUT2D eigenvalue weighted by molar-refractivity contribution is -0.129. The van der Waals surface area contributed by atoms with E-state index in [0.29, 0.717) is 17.3 Å². The summed E-state index contributed by atoms with van der Waals surface area (Å²) in [7, 11) is 0. The molecule has 1 unspecified atom stereocenters. The van der Waals surface area contributed by atoms with Gasteiger partial charge in [-0.1, -0.05) is 40.3 Å². The number of alkyl halides is 1. The molecule has 124 valence electrons. The minimum absolute atomic E-state index is 0.0464. The van der Waals surface area contributed by atoms with Crippen molar-refractivity contribution in [2.75, 3.05) is 11.5 Å². The Morgan fingerprint density at radius 3 is 2.67 bits per heavy atom. The van der Waals surface area contributed by atoms with E-state index in [9.17, 15) is 9.90 Å². The summed E-state index contributed by atoms with van der Waals surface area (Å²) in [4.78, 5) is 17.7. The second-order valence-corrected chi connectivity index (χ2v) is 6.63. The van der Waals surface area contributed by atoms with Gasteiger partial charge in [-0.2, -0.15) is 0 Å². The molecular formula is C17H14ClIN2O3. The number of nitrogens with zero attached hydrogens (tertiary/aromatic N) is 2. The number of hydrogen-bond donors (Lipinski definition) is 1. The number of halogens is 2. The number of rotatable bonds is 4. The van der Waals surface area contributed by atoms with Crippen molar-refractivity contribution in [2.24, 2.45) is 4.99 Å². The fourth-order valence-electron chi connectivity index (χ4n) is 2.52. The second-order valence-electron chi connectivity index (χ2n) is 5.04. The number of carboxylic acids is 1. The van der Waals surface area contributed by atoms with Gasteiger partial charge in [-0.3, -0.25) is 0 Å². The second kappa shape index (κ2) is 6.98. The number of benzene rings is 2. The van der Waals surface area contributed by atoms with Crippen molar-refractivity contribution in [3.63, 3.8) is 0 Å². The van der Waals surface area contributed by atoms with Gasteiger partial charge in [0.25, 0.3) is 0 Å². The molecule has 3 rings (SSSR count). The van der Waals surface area contributed by atoms with E-state index in [2.05, 4.69) is 27.6 Å². The average molecular weight is 457 g/mol. The van der Waals surface area contributed by atoms with E-state index in [1.54, 1.807) is 6.07 Å². The zero-order chi connectivity index (χ0) is 17.3. The van der Waals surface area contributed by atoms with Gasteiger partial charge in [0.05, 0.1) is 17.3 Å². The molecule has 24 heavy (non-hydrogen) atoms. The quantitative estimate of drug-likeness (QED) is 0.407. The first-order valence-corrected chi connectivity index (χ1v) is 8.92. The van der Waals surface area contributed by atoms with Gasteiger partial charge in [-0.25, -0.2) is 9.79 Å².